The normalized spacial score (nSPS) is 12.1. The van der Waals surface area contributed by atoms with Crippen molar-refractivity contribution in [3.8, 4) is 5.75 Å². The van der Waals surface area contributed by atoms with Crippen LogP contribution in [-0.4, -0.2) is 30.3 Å². The SMILES string of the molecule is COc1ccc(Cl)cc1C(=O)/N=c1\sc(C(C)(C)C)cn1CCOC(N)=O. The first-order valence-electron chi connectivity index (χ1n) is 8.17. The zero-order valence-electron chi connectivity index (χ0n) is 15.6. The molecule has 27 heavy (non-hydrogen) atoms. The second kappa shape index (κ2) is 8.58. The molecule has 0 saturated carbocycles. The van der Waals surface area contributed by atoms with Crippen molar-refractivity contribution in [1.82, 2.24) is 4.57 Å². The number of hydrogen-bond donors (Lipinski definition) is 1. The Morgan fingerprint density at radius 2 is 2.04 bits per heavy atom. The number of carbonyl (C=O) groups excluding carboxylic acids is 2. The summed E-state index contributed by atoms with van der Waals surface area (Å²) >= 11 is 7.40. The lowest BCUT2D eigenvalue weighted by atomic mass is 9.95. The molecule has 1 heterocycles. The Kier molecular flexibility index (Phi) is 6.67. The zero-order valence-corrected chi connectivity index (χ0v) is 17.2. The van der Waals surface area contributed by atoms with E-state index in [4.69, 9.17) is 26.8 Å². The molecule has 0 unspecified atom stereocenters. The molecular formula is C18H22ClN3O4S. The second-order valence-corrected chi connectivity index (χ2v) is 8.20. The van der Waals surface area contributed by atoms with Crippen molar-refractivity contribution in [2.75, 3.05) is 13.7 Å². The number of carbonyl (C=O) groups is 2. The molecule has 9 heteroatoms. The van der Waals surface area contributed by atoms with Gasteiger partial charge in [-0.2, -0.15) is 4.99 Å². The Bertz CT molecular complexity index is 912. The van der Waals surface area contributed by atoms with Gasteiger partial charge in [0.25, 0.3) is 5.91 Å². The number of ether oxygens (including phenoxy) is 2. The average molecular weight is 412 g/mol. The fraction of sp³-hybridized carbons (Fsp3) is 0.389. The molecular weight excluding hydrogens is 390 g/mol. The molecule has 0 aliphatic heterocycles. The van der Waals surface area contributed by atoms with E-state index in [1.165, 1.54) is 24.5 Å². The van der Waals surface area contributed by atoms with Crippen LogP contribution in [-0.2, 0) is 16.7 Å². The second-order valence-electron chi connectivity index (χ2n) is 6.75. The van der Waals surface area contributed by atoms with Crippen molar-refractivity contribution in [1.29, 1.82) is 0 Å². The highest BCUT2D eigenvalue weighted by Gasteiger charge is 2.19. The summed E-state index contributed by atoms with van der Waals surface area (Å²) in [6.07, 6.45) is 1.05. The zero-order chi connectivity index (χ0) is 20.2. The van der Waals surface area contributed by atoms with Gasteiger partial charge in [-0.05, 0) is 23.6 Å². The van der Waals surface area contributed by atoms with Crippen LogP contribution in [0.1, 0.15) is 36.0 Å². The average Bonchev–Trinajstić information content (AvgIpc) is 2.97. The van der Waals surface area contributed by atoms with Gasteiger partial charge >= 0.3 is 6.09 Å². The number of halogens is 1. The third-order valence-electron chi connectivity index (χ3n) is 3.62. The lowest BCUT2D eigenvalue weighted by molar-refractivity contribution is 0.0994. The predicted octanol–water partition coefficient (Wildman–Crippen LogP) is 3.35. The molecule has 0 atom stereocenters. The van der Waals surface area contributed by atoms with Crippen LogP contribution in [0.4, 0.5) is 4.79 Å². The summed E-state index contributed by atoms with van der Waals surface area (Å²) in [4.78, 5) is 29.3. The van der Waals surface area contributed by atoms with Crippen molar-refractivity contribution in [3.05, 3.63) is 44.7 Å². The monoisotopic (exact) mass is 411 g/mol. The molecule has 2 aromatic rings. The molecule has 0 bridgehead atoms. The van der Waals surface area contributed by atoms with Gasteiger partial charge in [-0.3, -0.25) is 4.79 Å². The van der Waals surface area contributed by atoms with Gasteiger partial charge in [-0.1, -0.05) is 32.4 Å². The molecule has 0 fully saturated rings. The van der Waals surface area contributed by atoms with Crippen LogP contribution in [0.3, 0.4) is 0 Å². The van der Waals surface area contributed by atoms with E-state index < -0.39 is 12.0 Å². The number of amides is 2. The summed E-state index contributed by atoms with van der Waals surface area (Å²) in [5, 5.41) is 0.415. The predicted molar refractivity (Wildman–Crippen MR) is 104 cm³/mol. The molecule has 1 aromatic heterocycles. The van der Waals surface area contributed by atoms with Crippen LogP contribution in [0, 0.1) is 0 Å². The summed E-state index contributed by atoms with van der Waals surface area (Å²) in [6, 6.07) is 4.78. The Morgan fingerprint density at radius 1 is 1.33 bits per heavy atom. The number of rotatable bonds is 5. The van der Waals surface area contributed by atoms with E-state index in [0.29, 0.717) is 22.1 Å². The highest BCUT2D eigenvalue weighted by molar-refractivity contribution is 7.09. The van der Waals surface area contributed by atoms with Crippen molar-refractivity contribution in [2.24, 2.45) is 10.7 Å². The van der Waals surface area contributed by atoms with E-state index in [1.54, 1.807) is 16.7 Å². The topological polar surface area (TPSA) is 95.9 Å². The third kappa shape index (κ3) is 5.58. The van der Waals surface area contributed by atoms with Gasteiger partial charge in [0.1, 0.15) is 12.4 Å². The smallest absolute Gasteiger partial charge is 0.404 e. The fourth-order valence-corrected chi connectivity index (χ4v) is 3.46. The Morgan fingerprint density at radius 3 is 2.63 bits per heavy atom. The summed E-state index contributed by atoms with van der Waals surface area (Å²) < 4.78 is 11.8. The van der Waals surface area contributed by atoms with Gasteiger partial charge in [0.05, 0.1) is 19.2 Å². The lowest BCUT2D eigenvalue weighted by Gasteiger charge is -2.14. The minimum atomic E-state index is -0.847. The van der Waals surface area contributed by atoms with Crippen LogP contribution < -0.4 is 15.3 Å². The summed E-state index contributed by atoms with van der Waals surface area (Å²) in [5.74, 6) is -0.0782. The van der Waals surface area contributed by atoms with E-state index in [1.807, 2.05) is 6.20 Å². The maximum absolute atomic E-state index is 12.7. The number of aromatic nitrogens is 1. The quantitative estimate of drug-likeness (QED) is 0.815. The van der Waals surface area contributed by atoms with Crippen molar-refractivity contribution in [3.63, 3.8) is 0 Å². The summed E-state index contributed by atoms with van der Waals surface area (Å²) in [5.41, 5.74) is 5.15. The molecule has 2 amide bonds. The molecule has 0 aliphatic rings. The maximum atomic E-state index is 12.7. The van der Waals surface area contributed by atoms with Crippen LogP contribution in [0.5, 0.6) is 5.75 Å². The maximum Gasteiger partial charge on any atom is 0.404 e. The highest BCUT2D eigenvalue weighted by Crippen LogP contribution is 2.25. The molecule has 0 spiro atoms. The molecule has 0 saturated heterocycles. The number of nitrogens with zero attached hydrogens (tertiary/aromatic N) is 2. The first-order valence-corrected chi connectivity index (χ1v) is 9.37. The standard InChI is InChI=1S/C18H22ClN3O4S/c1-18(2,3)14-10-22(7-8-26-16(20)24)17(27-14)21-15(23)12-9-11(19)5-6-13(12)25-4/h5-6,9-10H,7-8H2,1-4H3,(H2,20,24)/b21-17-. The van der Waals surface area contributed by atoms with E-state index in [0.717, 1.165) is 4.88 Å². The number of methoxy groups -OCH3 is 1. The Hall–Kier alpha value is -2.32. The summed E-state index contributed by atoms with van der Waals surface area (Å²) in [6.45, 7) is 6.60. The minimum absolute atomic E-state index is 0.0809. The third-order valence-corrected chi connectivity index (χ3v) is 5.31. The molecule has 146 valence electrons. The first-order chi connectivity index (χ1) is 12.6. The first kappa shape index (κ1) is 21.0. The van der Waals surface area contributed by atoms with E-state index in [2.05, 4.69) is 25.8 Å². The highest BCUT2D eigenvalue weighted by atomic mass is 35.5. The van der Waals surface area contributed by atoms with E-state index in [-0.39, 0.29) is 17.6 Å². The number of hydrogen-bond acceptors (Lipinski definition) is 5. The molecule has 2 rings (SSSR count). The van der Waals surface area contributed by atoms with Crippen LogP contribution in [0.25, 0.3) is 0 Å². The van der Waals surface area contributed by atoms with Crippen LogP contribution in [0.2, 0.25) is 5.02 Å². The van der Waals surface area contributed by atoms with Gasteiger partial charge in [-0.15, -0.1) is 11.3 Å². The van der Waals surface area contributed by atoms with Gasteiger partial charge in [0.2, 0.25) is 0 Å². The van der Waals surface area contributed by atoms with Gasteiger partial charge < -0.3 is 19.8 Å². The number of primary amides is 1. The van der Waals surface area contributed by atoms with Gasteiger partial charge in [0.15, 0.2) is 4.80 Å². The number of thiazole rings is 1. The number of nitrogens with two attached hydrogens (primary N) is 1. The van der Waals surface area contributed by atoms with Gasteiger partial charge in [0, 0.05) is 16.1 Å². The van der Waals surface area contributed by atoms with Crippen molar-refractivity contribution in [2.45, 2.75) is 32.7 Å². The van der Waals surface area contributed by atoms with E-state index in [9.17, 15) is 9.59 Å². The molecule has 7 nitrogen and oxygen atoms in total. The van der Waals surface area contributed by atoms with Crippen molar-refractivity contribution < 1.29 is 19.1 Å². The molecule has 0 radical (unpaired) electrons. The number of benzene rings is 1. The molecule has 2 N–H and O–H groups in total. The Balaban J connectivity index is 2.45. The Labute approximate surface area is 166 Å². The molecule has 1 aromatic carbocycles. The van der Waals surface area contributed by atoms with Crippen molar-refractivity contribution >= 4 is 34.9 Å². The largest absolute Gasteiger partial charge is 0.496 e. The van der Waals surface area contributed by atoms with E-state index >= 15 is 0 Å². The minimum Gasteiger partial charge on any atom is -0.496 e. The fourth-order valence-electron chi connectivity index (χ4n) is 2.21. The van der Waals surface area contributed by atoms with Crippen LogP contribution in [0.15, 0.2) is 29.4 Å². The van der Waals surface area contributed by atoms with Gasteiger partial charge in [-0.25, -0.2) is 4.79 Å². The summed E-state index contributed by atoms with van der Waals surface area (Å²) in [7, 11) is 1.48. The lowest BCUT2D eigenvalue weighted by Crippen LogP contribution is -2.22. The molecule has 0 aliphatic carbocycles. The van der Waals surface area contributed by atoms with Crippen LogP contribution >= 0.6 is 22.9 Å².